The van der Waals surface area contributed by atoms with E-state index in [2.05, 4.69) is 42.1 Å². The third-order valence-electron chi connectivity index (χ3n) is 5.29. The van der Waals surface area contributed by atoms with Gasteiger partial charge in [0.2, 0.25) is 5.95 Å². The van der Waals surface area contributed by atoms with Crippen LogP contribution in [0.15, 0.2) is 47.6 Å². The zero-order valence-electron chi connectivity index (χ0n) is 16.1. The number of rotatable bonds is 7. The number of anilines is 1. The van der Waals surface area contributed by atoms with Gasteiger partial charge in [0.05, 0.1) is 23.8 Å². The van der Waals surface area contributed by atoms with Crippen molar-refractivity contribution in [2.45, 2.75) is 25.4 Å². The van der Waals surface area contributed by atoms with E-state index in [0.29, 0.717) is 24.8 Å². The highest BCUT2D eigenvalue weighted by Gasteiger charge is 2.21. The third kappa shape index (κ3) is 4.85. The third-order valence-corrected chi connectivity index (χ3v) is 5.42. The molecular weight excluding hydrogens is 387 g/mol. The van der Waals surface area contributed by atoms with Gasteiger partial charge in [-0.05, 0) is 54.9 Å². The monoisotopic (exact) mass is 410 g/mol. The highest BCUT2D eigenvalue weighted by molar-refractivity contribution is 7.78. The molecular formula is C21H23FN6S. The molecule has 0 saturated carbocycles. The lowest BCUT2D eigenvalue weighted by Gasteiger charge is -2.32. The number of thiocarbonyl (C=S) groups is 1. The summed E-state index contributed by atoms with van der Waals surface area (Å²) in [5.74, 6) is 0.582. The number of pyridine rings is 1. The Kier molecular flexibility index (Phi) is 6.24. The lowest BCUT2D eigenvalue weighted by atomic mass is 10.1. The van der Waals surface area contributed by atoms with E-state index < -0.39 is 0 Å². The fourth-order valence-electron chi connectivity index (χ4n) is 3.72. The molecule has 0 amide bonds. The number of likely N-dealkylation sites (tertiary alicyclic amines) is 1. The van der Waals surface area contributed by atoms with Crippen molar-refractivity contribution in [1.82, 2.24) is 19.4 Å². The number of nitrogens with one attached hydrogen (secondary N) is 1. The largest absolute Gasteiger partial charge is 0.353 e. The first-order valence-corrected chi connectivity index (χ1v) is 10.2. The maximum Gasteiger partial charge on any atom is 0.205 e. The van der Waals surface area contributed by atoms with Gasteiger partial charge in [-0.25, -0.2) is 14.4 Å². The minimum atomic E-state index is -0.229. The minimum absolute atomic E-state index is 0.229. The topological polar surface area (TPSA) is 58.3 Å². The number of benzene rings is 1. The van der Waals surface area contributed by atoms with E-state index in [-0.39, 0.29) is 5.82 Å². The number of nitrogens with zero attached hydrogens (tertiary/aromatic N) is 5. The SMILES string of the molecule is Fc1ccc(Cn2c(NC3CCN(CCN=C=S)CC3)nc3ncccc32)cc1. The Balaban J connectivity index is 1.48. The van der Waals surface area contributed by atoms with E-state index in [1.807, 2.05) is 24.3 Å². The maximum atomic E-state index is 13.3. The molecule has 3 aromatic rings. The summed E-state index contributed by atoms with van der Waals surface area (Å²) >= 11 is 4.62. The van der Waals surface area contributed by atoms with Crippen molar-refractivity contribution in [2.24, 2.45) is 4.99 Å². The summed E-state index contributed by atoms with van der Waals surface area (Å²) in [5, 5.41) is 6.04. The average molecular weight is 411 g/mol. The molecule has 29 heavy (non-hydrogen) atoms. The molecule has 0 unspecified atom stereocenters. The van der Waals surface area contributed by atoms with Gasteiger partial charge in [-0.3, -0.25) is 0 Å². The molecule has 4 rings (SSSR count). The van der Waals surface area contributed by atoms with Gasteiger partial charge in [0.1, 0.15) is 5.82 Å². The van der Waals surface area contributed by atoms with Crippen molar-refractivity contribution in [3.63, 3.8) is 0 Å². The standard InChI is InChI=1S/C21H23FN6S/c22-17-5-3-16(4-6-17)14-28-19-2-1-9-24-20(19)26-21(28)25-18-7-11-27(12-8-18)13-10-23-15-29/h1-6,9,18H,7-8,10-14H2,(H,24,25,26). The van der Waals surface area contributed by atoms with Crippen LogP contribution in [-0.2, 0) is 6.54 Å². The first-order valence-electron chi connectivity index (χ1n) is 9.81. The molecule has 0 atom stereocenters. The Hall–Kier alpha value is -2.67. The van der Waals surface area contributed by atoms with Crippen LogP contribution in [0, 0.1) is 5.82 Å². The molecule has 0 aliphatic carbocycles. The van der Waals surface area contributed by atoms with Crippen LogP contribution in [0.25, 0.3) is 11.2 Å². The van der Waals surface area contributed by atoms with Crippen LogP contribution in [0.1, 0.15) is 18.4 Å². The van der Waals surface area contributed by atoms with Gasteiger partial charge in [0, 0.05) is 31.9 Å². The number of fused-ring (bicyclic) bond motifs is 1. The lowest BCUT2D eigenvalue weighted by Crippen LogP contribution is -2.40. The van der Waals surface area contributed by atoms with Crippen molar-refractivity contribution >= 4 is 34.5 Å². The highest BCUT2D eigenvalue weighted by atomic mass is 32.1. The fourth-order valence-corrected chi connectivity index (χ4v) is 3.81. The lowest BCUT2D eigenvalue weighted by molar-refractivity contribution is 0.224. The van der Waals surface area contributed by atoms with Crippen LogP contribution in [0.5, 0.6) is 0 Å². The zero-order valence-corrected chi connectivity index (χ0v) is 16.9. The van der Waals surface area contributed by atoms with Crippen LogP contribution in [0.2, 0.25) is 0 Å². The highest BCUT2D eigenvalue weighted by Crippen LogP contribution is 2.22. The van der Waals surface area contributed by atoms with Gasteiger partial charge >= 0.3 is 0 Å². The van der Waals surface area contributed by atoms with E-state index in [0.717, 1.165) is 49.5 Å². The molecule has 6 nitrogen and oxygen atoms in total. The molecule has 0 spiro atoms. The molecule has 0 radical (unpaired) electrons. The predicted molar refractivity (Wildman–Crippen MR) is 116 cm³/mol. The van der Waals surface area contributed by atoms with Crippen LogP contribution in [0.4, 0.5) is 10.3 Å². The van der Waals surface area contributed by atoms with Crippen molar-refractivity contribution in [1.29, 1.82) is 0 Å². The van der Waals surface area contributed by atoms with Crippen molar-refractivity contribution in [3.8, 4) is 0 Å². The van der Waals surface area contributed by atoms with Crippen LogP contribution in [0.3, 0.4) is 0 Å². The summed E-state index contributed by atoms with van der Waals surface area (Å²) in [7, 11) is 0. The Bertz CT molecular complexity index is 1000. The summed E-state index contributed by atoms with van der Waals surface area (Å²) in [5.41, 5.74) is 2.70. The number of aromatic nitrogens is 3. The first kappa shape index (κ1) is 19.6. The van der Waals surface area contributed by atoms with Gasteiger partial charge in [0.25, 0.3) is 0 Å². The molecule has 1 aromatic carbocycles. The van der Waals surface area contributed by atoms with Crippen molar-refractivity contribution in [2.75, 3.05) is 31.5 Å². The summed E-state index contributed by atoms with van der Waals surface area (Å²) in [6.45, 7) is 4.27. The van der Waals surface area contributed by atoms with Gasteiger partial charge in [-0.2, -0.15) is 4.98 Å². The minimum Gasteiger partial charge on any atom is -0.353 e. The fraction of sp³-hybridized carbons (Fsp3) is 0.381. The predicted octanol–water partition coefficient (Wildman–Crippen LogP) is 3.60. The Morgan fingerprint density at radius 3 is 2.76 bits per heavy atom. The first-order chi connectivity index (χ1) is 14.2. The van der Waals surface area contributed by atoms with E-state index in [4.69, 9.17) is 4.98 Å². The molecule has 1 fully saturated rings. The van der Waals surface area contributed by atoms with Gasteiger partial charge in [0.15, 0.2) is 5.65 Å². The number of hydrogen-bond donors (Lipinski definition) is 1. The number of halogens is 1. The molecule has 1 saturated heterocycles. The quantitative estimate of drug-likeness (QED) is 0.476. The second-order valence-corrected chi connectivity index (χ2v) is 7.41. The summed E-state index contributed by atoms with van der Waals surface area (Å²) in [6, 6.07) is 10.9. The van der Waals surface area contributed by atoms with Crippen molar-refractivity contribution < 1.29 is 4.39 Å². The van der Waals surface area contributed by atoms with Gasteiger partial charge in [-0.1, -0.05) is 12.1 Å². The molecule has 1 N–H and O–H groups in total. The van der Waals surface area contributed by atoms with Crippen LogP contribution in [-0.4, -0.2) is 56.8 Å². The van der Waals surface area contributed by atoms with Gasteiger partial charge in [-0.15, -0.1) is 0 Å². The van der Waals surface area contributed by atoms with Crippen molar-refractivity contribution in [3.05, 3.63) is 54.0 Å². The summed E-state index contributed by atoms with van der Waals surface area (Å²) in [6.07, 6.45) is 3.82. The Morgan fingerprint density at radius 1 is 1.21 bits per heavy atom. The normalized spacial score (nSPS) is 15.3. The Morgan fingerprint density at radius 2 is 2.00 bits per heavy atom. The summed E-state index contributed by atoms with van der Waals surface area (Å²) in [4.78, 5) is 15.5. The molecule has 2 aromatic heterocycles. The second-order valence-electron chi connectivity index (χ2n) is 7.23. The molecule has 0 bridgehead atoms. The molecule has 1 aliphatic heterocycles. The number of isothiocyanates is 1. The van der Waals surface area contributed by atoms with E-state index in [1.165, 1.54) is 12.1 Å². The smallest absolute Gasteiger partial charge is 0.205 e. The van der Waals surface area contributed by atoms with E-state index in [9.17, 15) is 4.39 Å². The molecule has 150 valence electrons. The van der Waals surface area contributed by atoms with E-state index in [1.54, 1.807) is 6.20 Å². The molecule has 1 aliphatic rings. The average Bonchev–Trinajstić information content (AvgIpc) is 3.08. The summed E-state index contributed by atoms with van der Waals surface area (Å²) < 4.78 is 15.4. The second kappa shape index (κ2) is 9.22. The van der Waals surface area contributed by atoms with Crippen LogP contribution >= 0.6 is 12.2 Å². The number of imidazole rings is 1. The number of hydrogen-bond acceptors (Lipinski definition) is 6. The van der Waals surface area contributed by atoms with Gasteiger partial charge < -0.3 is 14.8 Å². The van der Waals surface area contributed by atoms with Crippen LogP contribution < -0.4 is 5.32 Å². The molecule has 8 heteroatoms. The number of aliphatic imine (C=N–C) groups is 1. The number of piperidine rings is 1. The van der Waals surface area contributed by atoms with E-state index >= 15 is 0 Å². The molecule has 3 heterocycles. The maximum absolute atomic E-state index is 13.3. The zero-order chi connectivity index (χ0) is 20.1. The Labute approximate surface area is 174 Å².